The van der Waals surface area contributed by atoms with Gasteiger partial charge in [0.15, 0.2) is 0 Å². The molecule has 0 aliphatic rings. The van der Waals surface area contributed by atoms with Gasteiger partial charge in [0.25, 0.3) is 0 Å². The third kappa shape index (κ3) is 4.65. The molecule has 0 heterocycles. The second-order valence-electron chi connectivity index (χ2n) is 4.67. The van der Waals surface area contributed by atoms with Gasteiger partial charge < -0.3 is 0 Å². The van der Waals surface area contributed by atoms with Gasteiger partial charge in [0.05, 0.1) is 0 Å². The Labute approximate surface area is 100 Å². The molecule has 0 bridgehead atoms. The zero-order valence-corrected chi connectivity index (χ0v) is 10.8. The number of allylic oxidation sites excluding steroid dienone is 1. The number of unbranched alkanes of at least 4 members (excludes halogenated alkanes) is 4. The summed E-state index contributed by atoms with van der Waals surface area (Å²) in [5, 5.41) is 0. The van der Waals surface area contributed by atoms with Gasteiger partial charge in [-0.2, -0.15) is 0 Å². The molecule has 0 spiro atoms. The number of hydrogen-bond donors (Lipinski definition) is 0. The minimum Gasteiger partial charge on any atom is -0.103 e. The van der Waals surface area contributed by atoms with Crippen molar-refractivity contribution >= 4 is 0 Å². The van der Waals surface area contributed by atoms with Crippen LogP contribution in [0.5, 0.6) is 0 Å². The van der Waals surface area contributed by atoms with Crippen molar-refractivity contribution in [3.8, 4) is 0 Å². The Morgan fingerprint density at radius 1 is 1.06 bits per heavy atom. The average molecular weight is 216 g/mol. The van der Waals surface area contributed by atoms with E-state index in [0.717, 1.165) is 0 Å². The van der Waals surface area contributed by atoms with Crippen LogP contribution in [0.1, 0.15) is 48.8 Å². The lowest BCUT2D eigenvalue weighted by Gasteiger charge is -2.06. The van der Waals surface area contributed by atoms with Crippen molar-refractivity contribution in [1.82, 2.24) is 0 Å². The smallest absolute Gasteiger partial charge is 0.0276 e. The molecule has 0 amide bonds. The van der Waals surface area contributed by atoms with Gasteiger partial charge in [-0.1, -0.05) is 42.7 Å². The van der Waals surface area contributed by atoms with E-state index < -0.39 is 0 Å². The van der Waals surface area contributed by atoms with Crippen molar-refractivity contribution in [2.75, 3.05) is 0 Å². The van der Waals surface area contributed by atoms with E-state index in [9.17, 15) is 0 Å². The molecule has 88 valence electrons. The van der Waals surface area contributed by atoms with Crippen molar-refractivity contribution in [3.63, 3.8) is 0 Å². The lowest BCUT2D eigenvalue weighted by atomic mass is 9.99. The van der Waals surface area contributed by atoms with Gasteiger partial charge in [0.2, 0.25) is 0 Å². The Hall–Kier alpha value is -1.04. The molecular formula is C16H24. The minimum atomic E-state index is 1.17. The predicted octanol–water partition coefficient (Wildman–Crippen LogP) is 4.98. The summed E-state index contributed by atoms with van der Waals surface area (Å²) in [5.74, 6) is 0. The molecule has 1 rings (SSSR count). The van der Waals surface area contributed by atoms with E-state index >= 15 is 0 Å². The number of hydrogen-bond acceptors (Lipinski definition) is 0. The molecule has 0 fully saturated rings. The molecule has 0 saturated carbocycles. The van der Waals surface area contributed by atoms with Crippen LogP contribution in [-0.4, -0.2) is 0 Å². The molecule has 0 unspecified atom stereocenters. The molecule has 0 N–H and O–H groups in total. The largest absolute Gasteiger partial charge is 0.103 e. The van der Waals surface area contributed by atoms with Crippen LogP contribution in [0.25, 0.3) is 0 Å². The van der Waals surface area contributed by atoms with Crippen molar-refractivity contribution < 1.29 is 0 Å². The lowest BCUT2D eigenvalue weighted by molar-refractivity contribution is 0.645. The minimum absolute atomic E-state index is 1.17. The van der Waals surface area contributed by atoms with Crippen LogP contribution >= 0.6 is 0 Å². The maximum atomic E-state index is 3.75. The summed E-state index contributed by atoms with van der Waals surface area (Å²) in [4.78, 5) is 0. The quantitative estimate of drug-likeness (QED) is 0.445. The van der Waals surface area contributed by atoms with E-state index in [1.54, 1.807) is 0 Å². The first-order chi connectivity index (χ1) is 7.74. The first-order valence-electron chi connectivity index (χ1n) is 6.41. The highest BCUT2D eigenvalue weighted by Crippen LogP contribution is 2.14. The fourth-order valence-corrected chi connectivity index (χ4v) is 2.03. The van der Waals surface area contributed by atoms with E-state index in [4.69, 9.17) is 0 Å². The molecule has 16 heavy (non-hydrogen) atoms. The van der Waals surface area contributed by atoms with E-state index in [1.807, 2.05) is 6.08 Å². The van der Waals surface area contributed by atoms with Crippen LogP contribution in [0.15, 0.2) is 30.9 Å². The Morgan fingerprint density at radius 2 is 1.81 bits per heavy atom. The Kier molecular flexibility index (Phi) is 5.92. The molecule has 0 atom stereocenters. The maximum absolute atomic E-state index is 3.75. The Morgan fingerprint density at radius 3 is 2.56 bits per heavy atom. The zero-order chi connectivity index (χ0) is 11.8. The molecule has 0 aromatic heterocycles. The van der Waals surface area contributed by atoms with Crippen molar-refractivity contribution in [2.24, 2.45) is 0 Å². The molecule has 0 nitrogen and oxygen atoms in total. The van der Waals surface area contributed by atoms with Crippen LogP contribution < -0.4 is 0 Å². The second-order valence-corrected chi connectivity index (χ2v) is 4.67. The summed E-state index contributed by atoms with van der Waals surface area (Å²) in [6.45, 7) is 8.14. The van der Waals surface area contributed by atoms with Gasteiger partial charge >= 0.3 is 0 Å². The molecule has 0 heteroatoms. The van der Waals surface area contributed by atoms with E-state index in [-0.39, 0.29) is 0 Å². The summed E-state index contributed by atoms with van der Waals surface area (Å²) < 4.78 is 0. The standard InChI is InChI=1S/C16H24/c1-4-5-6-7-8-9-10-16-13-14(2)11-12-15(16)3/h4,11-13H,1,5-10H2,2-3H3. The van der Waals surface area contributed by atoms with E-state index in [2.05, 4.69) is 38.6 Å². The third-order valence-electron chi connectivity index (χ3n) is 3.11. The third-order valence-corrected chi connectivity index (χ3v) is 3.11. The van der Waals surface area contributed by atoms with Gasteiger partial charge in [0.1, 0.15) is 0 Å². The molecular weight excluding hydrogens is 192 g/mol. The van der Waals surface area contributed by atoms with E-state index in [0.29, 0.717) is 0 Å². The molecule has 0 aliphatic carbocycles. The predicted molar refractivity (Wildman–Crippen MR) is 72.9 cm³/mol. The molecule has 0 saturated heterocycles. The molecule has 1 aromatic carbocycles. The monoisotopic (exact) mass is 216 g/mol. The second kappa shape index (κ2) is 7.27. The molecule has 0 radical (unpaired) electrons. The SMILES string of the molecule is C=CCCCCCCc1cc(C)ccc1C. The van der Waals surface area contributed by atoms with Crippen LogP contribution in [0.2, 0.25) is 0 Å². The molecule has 1 aromatic rings. The normalized spacial score (nSPS) is 10.4. The summed E-state index contributed by atoms with van der Waals surface area (Å²) in [7, 11) is 0. The number of benzene rings is 1. The Bertz CT molecular complexity index is 323. The van der Waals surface area contributed by atoms with E-state index in [1.165, 1.54) is 55.2 Å². The van der Waals surface area contributed by atoms with Crippen LogP contribution in [-0.2, 0) is 6.42 Å². The fourth-order valence-electron chi connectivity index (χ4n) is 2.03. The van der Waals surface area contributed by atoms with Crippen molar-refractivity contribution in [3.05, 3.63) is 47.5 Å². The van der Waals surface area contributed by atoms with Gasteiger partial charge in [0, 0.05) is 0 Å². The van der Waals surface area contributed by atoms with Crippen molar-refractivity contribution in [1.29, 1.82) is 0 Å². The van der Waals surface area contributed by atoms with Gasteiger partial charge in [-0.05, 0) is 50.7 Å². The highest BCUT2D eigenvalue weighted by Gasteiger charge is 1.98. The van der Waals surface area contributed by atoms with Gasteiger partial charge in [-0.15, -0.1) is 6.58 Å². The number of aryl methyl sites for hydroxylation is 3. The maximum Gasteiger partial charge on any atom is -0.0276 e. The van der Waals surface area contributed by atoms with Gasteiger partial charge in [-0.25, -0.2) is 0 Å². The van der Waals surface area contributed by atoms with Crippen molar-refractivity contribution in [2.45, 2.75) is 52.4 Å². The first kappa shape index (κ1) is 13.0. The summed E-state index contributed by atoms with van der Waals surface area (Å²) in [5.41, 5.74) is 4.35. The molecule has 0 aliphatic heterocycles. The summed E-state index contributed by atoms with van der Waals surface area (Å²) in [6, 6.07) is 6.77. The fraction of sp³-hybridized carbons (Fsp3) is 0.500. The summed E-state index contributed by atoms with van der Waals surface area (Å²) in [6.07, 6.45) is 9.74. The number of rotatable bonds is 7. The van der Waals surface area contributed by atoms with Crippen LogP contribution in [0, 0.1) is 13.8 Å². The first-order valence-corrected chi connectivity index (χ1v) is 6.41. The zero-order valence-electron chi connectivity index (χ0n) is 10.8. The summed E-state index contributed by atoms with van der Waals surface area (Å²) >= 11 is 0. The van der Waals surface area contributed by atoms with Crippen LogP contribution in [0.3, 0.4) is 0 Å². The highest BCUT2D eigenvalue weighted by atomic mass is 14.0. The topological polar surface area (TPSA) is 0 Å². The Balaban J connectivity index is 2.26. The highest BCUT2D eigenvalue weighted by molar-refractivity contribution is 5.30. The average Bonchev–Trinajstić information content (AvgIpc) is 2.28. The lowest BCUT2D eigenvalue weighted by Crippen LogP contribution is -1.91. The van der Waals surface area contributed by atoms with Crippen LogP contribution in [0.4, 0.5) is 0 Å². The van der Waals surface area contributed by atoms with Gasteiger partial charge in [-0.3, -0.25) is 0 Å².